The molecule has 1 nitrogen and oxygen atoms in total. The van der Waals surface area contributed by atoms with Gasteiger partial charge in [-0.15, -0.1) is 6.58 Å². The second-order valence-electron chi connectivity index (χ2n) is 10.0. The summed E-state index contributed by atoms with van der Waals surface area (Å²) in [5, 5.41) is 0. The molecule has 0 amide bonds. The van der Waals surface area contributed by atoms with Crippen molar-refractivity contribution in [2.75, 3.05) is 6.61 Å². The number of allylic oxidation sites excluding steroid dienone is 6. The Morgan fingerprint density at radius 1 is 1.13 bits per heavy atom. The Labute approximate surface area is 202 Å². The van der Waals surface area contributed by atoms with Gasteiger partial charge in [0.25, 0.3) is 0 Å². The van der Waals surface area contributed by atoms with Gasteiger partial charge in [0.1, 0.15) is 12.4 Å². The molecule has 2 unspecified atom stereocenters. The summed E-state index contributed by atoms with van der Waals surface area (Å²) < 4.78 is 7.70. The third kappa shape index (κ3) is 9.12. The molecule has 0 N–H and O–H groups in total. The Hall–Kier alpha value is -1.09. The van der Waals surface area contributed by atoms with Crippen molar-refractivity contribution in [3.63, 3.8) is 0 Å². The Balaban J connectivity index is 0.000000327. The first kappa shape index (κ1) is 27.9. The van der Waals surface area contributed by atoms with Gasteiger partial charge in [0, 0.05) is 0 Å². The molecule has 1 aliphatic rings. The van der Waals surface area contributed by atoms with Crippen LogP contribution in [0.1, 0.15) is 55.4 Å². The first-order valence-corrected chi connectivity index (χ1v) is 17.9. The van der Waals surface area contributed by atoms with Gasteiger partial charge in [-0.25, -0.2) is 0 Å². The van der Waals surface area contributed by atoms with Crippen LogP contribution in [0.4, 0.5) is 0 Å². The van der Waals surface area contributed by atoms with E-state index in [4.69, 9.17) is 4.74 Å². The van der Waals surface area contributed by atoms with E-state index >= 15 is 0 Å². The molecule has 0 fully saturated rings. The van der Waals surface area contributed by atoms with Crippen LogP contribution in [-0.4, -0.2) is 13.3 Å². The van der Waals surface area contributed by atoms with Crippen LogP contribution in [0.3, 0.4) is 0 Å². The average Bonchev–Trinajstić information content (AvgIpc) is 2.89. The van der Waals surface area contributed by atoms with Crippen LogP contribution in [0.25, 0.3) is 0 Å². The first-order chi connectivity index (χ1) is 14.4. The second kappa shape index (κ2) is 12.8. The first-order valence-electron chi connectivity index (χ1n) is 11.5. The fraction of sp³-hybridized carbons (Fsp3) is 0.500. The molecule has 0 radical (unpaired) electrons. The van der Waals surface area contributed by atoms with Crippen molar-refractivity contribution < 1.29 is 23.1 Å². The number of rotatable bonds is 7. The topological polar surface area (TPSA) is 9.23 Å². The van der Waals surface area contributed by atoms with Gasteiger partial charge >= 0.3 is 92.4 Å². The van der Waals surface area contributed by atoms with Crippen molar-refractivity contribution in [2.24, 2.45) is 17.3 Å². The van der Waals surface area contributed by atoms with E-state index in [1.54, 1.807) is 16.7 Å². The predicted molar refractivity (Wildman–Crippen MR) is 138 cm³/mol. The quantitative estimate of drug-likeness (QED) is 0.287. The van der Waals surface area contributed by atoms with Crippen molar-refractivity contribution >= 4 is 6.66 Å². The van der Waals surface area contributed by atoms with Gasteiger partial charge in [-0.2, -0.15) is 0 Å². The molecule has 0 saturated heterocycles. The molecule has 31 heavy (non-hydrogen) atoms. The molecule has 3 heteroatoms. The summed E-state index contributed by atoms with van der Waals surface area (Å²) in [6, 6.07) is 9.94. The number of ether oxygens (including phenoxy) is 1. The van der Waals surface area contributed by atoms with E-state index in [0.717, 1.165) is 11.7 Å². The molecule has 1 aromatic rings. The zero-order valence-electron chi connectivity index (χ0n) is 21.6. The van der Waals surface area contributed by atoms with E-state index in [1.165, 1.54) is 5.57 Å². The Kier molecular flexibility index (Phi) is 11.6. The monoisotopic (exact) mass is 472 g/mol. The molecule has 1 aromatic carbocycles. The average molecular weight is 473 g/mol. The van der Waals surface area contributed by atoms with E-state index in [2.05, 4.69) is 81.1 Å². The molecule has 0 aromatic heterocycles. The van der Waals surface area contributed by atoms with E-state index in [0.29, 0.717) is 12.5 Å². The van der Waals surface area contributed by atoms with Crippen molar-refractivity contribution in [1.82, 2.24) is 0 Å². The second-order valence-corrected chi connectivity index (χ2v) is 20.2. The Morgan fingerprint density at radius 3 is 2.13 bits per heavy atom. The van der Waals surface area contributed by atoms with Gasteiger partial charge in [0.15, 0.2) is 0 Å². The van der Waals surface area contributed by atoms with Crippen LogP contribution >= 0.6 is 0 Å². The molecule has 0 bridgehead atoms. The summed E-state index contributed by atoms with van der Waals surface area (Å²) in [7, 11) is 0. The SMILES string of the molecule is C=CC(C)C=C(COc1ccccc1)C(C)(C)C.CC1=C(C)C(C)[C]([Ti][SiH](C)C)=C1C. The summed E-state index contributed by atoms with van der Waals surface area (Å²) in [5.41, 5.74) is 6.28. The molecule has 2 atom stereocenters. The standard InChI is InChI=1S/C17H24O.C9H13.C2H7Si.Ti/c1-6-14(2)12-15(17(3,4)5)13-18-16-10-8-7-9-11-16;1-6-5-7(2)9(4)8(6)3;1-3-2;/h6-12,14H,1,13H2,2-5H3;6H,1-4H3;3H,1-2H3;. The van der Waals surface area contributed by atoms with E-state index in [1.807, 2.05) is 40.3 Å². The van der Waals surface area contributed by atoms with Gasteiger partial charge in [-0.3, -0.25) is 0 Å². The minimum absolute atomic E-state index is 0.117. The molecule has 0 aliphatic heterocycles. The summed E-state index contributed by atoms with van der Waals surface area (Å²) in [6.07, 6.45) is 4.20. The van der Waals surface area contributed by atoms with Gasteiger partial charge in [0.2, 0.25) is 0 Å². The molecule has 2 rings (SSSR count). The maximum atomic E-state index is 5.84. The molecule has 0 heterocycles. The number of benzene rings is 1. The van der Waals surface area contributed by atoms with E-state index in [-0.39, 0.29) is 30.5 Å². The number of hydrogen-bond acceptors (Lipinski definition) is 1. The van der Waals surface area contributed by atoms with Crippen molar-refractivity contribution in [1.29, 1.82) is 0 Å². The fourth-order valence-electron chi connectivity index (χ4n) is 3.49. The summed E-state index contributed by atoms with van der Waals surface area (Å²) in [6.45, 7) is 27.2. The van der Waals surface area contributed by atoms with Crippen molar-refractivity contribution in [3.05, 3.63) is 75.2 Å². The Bertz CT molecular complexity index is 809. The molecule has 1 aliphatic carbocycles. The van der Waals surface area contributed by atoms with Crippen LogP contribution in [0.2, 0.25) is 13.1 Å². The van der Waals surface area contributed by atoms with Crippen LogP contribution in [0, 0.1) is 17.3 Å². The summed E-state index contributed by atoms with van der Waals surface area (Å²) >= 11 is 0.267. The van der Waals surface area contributed by atoms with E-state index < -0.39 is 0 Å². The van der Waals surface area contributed by atoms with Gasteiger partial charge in [0.05, 0.1) is 0 Å². The van der Waals surface area contributed by atoms with Crippen molar-refractivity contribution in [2.45, 2.75) is 68.5 Å². The van der Waals surface area contributed by atoms with Gasteiger partial charge < -0.3 is 4.74 Å². The normalized spacial score (nSPS) is 18.0. The van der Waals surface area contributed by atoms with Crippen LogP contribution in [0.15, 0.2) is 75.2 Å². The number of para-hydroxylation sites is 1. The maximum absolute atomic E-state index is 5.84. The zero-order valence-corrected chi connectivity index (χ0v) is 24.3. The summed E-state index contributed by atoms with van der Waals surface area (Å²) in [4.78, 5) is 0. The molecular formula is C28H44OSiTi. The molecule has 0 spiro atoms. The van der Waals surface area contributed by atoms with Gasteiger partial charge in [-0.05, 0) is 29.0 Å². The van der Waals surface area contributed by atoms with E-state index in [9.17, 15) is 0 Å². The predicted octanol–water partition coefficient (Wildman–Crippen LogP) is 8.17. The minimum atomic E-state index is -0.315. The van der Waals surface area contributed by atoms with Gasteiger partial charge in [-0.1, -0.05) is 58.0 Å². The molecule has 0 saturated carbocycles. The van der Waals surface area contributed by atoms with Crippen molar-refractivity contribution in [3.8, 4) is 5.75 Å². The molecular weight excluding hydrogens is 428 g/mol. The Morgan fingerprint density at radius 2 is 1.71 bits per heavy atom. The van der Waals surface area contributed by atoms with Crippen LogP contribution < -0.4 is 4.74 Å². The zero-order chi connectivity index (χ0) is 23.8. The third-order valence-electron chi connectivity index (χ3n) is 6.02. The summed E-state index contributed by atoms with van der Waals surface area (Å²) in [5.74, 6) is 2.08. The fourth-order valence-corrected chi connectivity index (χ4v) is 10.3. The third-order valence-corrected chi connectivity index (χ3v) is 12.3. The molecule has 170 valence electrons. The van der Waals surface area contributed by atoms with Crippen LogP contribution in [-0.2, 0) is 18.4 Å². The van der Waals surface area contributed by atoms with Crippen LogP contribution in [0.5, 0.6) is 5.75 Å². The number of hydrogen-bond donors (Lipinski definition) is 0.